The average molecular weight is 338 g/mol. The van der Waals surface area contributed by atoms with E-state index in [-0.39, 0.29) is 24.2 Å². The first-order valence-electron chi connectivity index (χ1n) is 8.29. The molecule has 0 aliphatic carbocycles. The zero-order chi connectivity index (χ0) is 17.8. The summed E-state index contributed by atoms with van der Waals surface area (Å²) in [6.45, 7) is 0.991. The van der Waals surface area contributed by atoms with Crippen molar-refractivity contribution >= 4 is 23.3 Å². The Bertz CT molecular complexity index is 744. The number of carbonyl (C=O) groups is 2. The molecule has 1 atom stereocenters. The second-order valence-corrected chi connectivity index (χ2v) is 6.45. The van der Waals surface area contributed by atoms with Crippen molar-refractivity contribution in [1.82, 2.24) is 9.88 Å². The lowest BCUT2D eigenvalue weighted by Crippen LogP contribution is -2.28. The lowest BCUT2D eigenvalue weighted by Gasteiger charge is -2.17. The van der Waals surface area contributed by atoms with E-state index in [0.717, 1.165) is 11.4 Å². The SMILES string of the molecule is CN(C)c1ccc(NC(=O)C2CC(=O)N(Cc3ccccc3)C2)cn1. The van der Waals surface area contributed by atoms with Crippen LogP contribution >= 0.6 is 0 Å². The Morgan fingerprint density at radius 1 is 1.24 bits per heavy atom. The molecule has 0 radical (unpaired) electrons. The van der Waals surface area contributed by atoms with Crippen LogP contribution in [0.5, 0.6) is 0 Å². The molecule has 1 aromatic heterocycles. The number of aromatic nitrogens is 1. The highest BCUT2D eigenvalue weighted by molar-refractivity contribution is 5.97. The van der Waals surface area contributed by atoms with E-state index in [1.807, 2.05) is 61.5 Å². The van der Waals surface area contributed by atoms with Gasteiger partial charge in [-0.15, -0.1) is 0 Å². The van der Waals surface area contributed by atoms with Gasteiger partial charge in [-0.1, -0.05) is 30.3 Å². The summed E-state index contributed by atoms with van der Waals surface area (Å²) in [5.41, 5.74) is 1.71. The van der Waals surface area contributed by atoms with E-state index in [9.17, 15) is 9.59 Å². The number of hydrogen-bond acceptors (Lipinski definition) is 4. The molecule has 130 valence electrons. The highest BCUT2D eigenvalue weighted by Gasteiger charge is 2.34. The van der Waals surface area contributed by atoms with Gasteiger partial charge in [0.15, 0.2) is 0 Å². The lowest BCUT2D eigenvalue weighted by atomic mass is 10.1. The fourth-order valence-corrected chi connectivity index (χ4v) is 2.87. The number of hydrogen-bond donors (Lipinski definition) is 1. The van der Waals surface area contributed by atoms with Gasteiger partial charge in [0.2, 0.25) is 11.8 Å². The predicted molar refractivity (Wildman–Crippen MR) is 97.2 cm³/mol. The standard InChI is InChI=1S/C19H22N4O2/c1-22(2)17-9-8-16(11-20-17)21-19(25)15-10-18(24)23(13-15)12-14-6-4-3-5-7-14/h3-9,11,15H,10,12-13H2,1-2H3,(H,21,25). The fourth-order valence-electron chi connectivity index (χ4n) is 2.87. The van der Waals surface area contributed by atoms with E-state index in [1.54, 1.807) is 11.1 Å². The van der Waals surface area contributed by atoms with E-state index in [1.165, 1.54) is 0 Å². The Morgan fingerprint density at radius 3 is 2.64 bits per heavy atom. The molecular weight excluding hydrogens is 316 g/mol. The average Bonchev–Trinajstić information content (AvgIpc) is 2.97. The molecule has 6 heteroatoms. The number of rotatable bonds is 5. The van der Waals surface area contributed by atoms with E-state index in [2.05, 4.69) is 10.3 Å². The van der Waals surface area contributed by atoms with Crippen LogP contribution in [0.2, 0.25) is 0 Å². The summed E-state index contributed by atoms with van der Waals surface area (Å²) in [7, 11) is 3.82. The molecule has 1 aliphatic heterocycles. The lowest BCUT2D eigenvalue weighted by molar-refractivity contribution is -0.128. The van der Waals surface area contributed by atoms with Gasteiger partial charge in [-0.25, -0.2) is 4.98 Å². The molecule has 2 aromatic rings. The molecule has 1 unspecified atom stereocenters. The molecule has 1 saturated heterocycles. The van der Waals surface area contributed by atoms with Gasteiger partial charge in [0, 0.05) is 33.6 Å². The zero-order valence-electron chi connectivity index (χ0n) is 14.5. The van der Waals surface area contributed by atoms with Crippen molar-refractivity contribution < 1.29 is 9.59 Å². The molecule has 1 aliphatic rings. The minimum atomic E-state index is -0.329. The Balaban J connectivity index is 1.58. The smallest absolute Gasteiger partial charge is 0.229 e. The van der Waals surface area contributed by atoms with Gasteiger partial charge < -0.3 is 15.1 Å². The summed E-state index contributed by atoms with van der Waals surface area (Å²) in [6.07, 6.45) is 1.88. The number of pyridine rings is 1. The minimum Gasteiger partial charge on any atom is -0.363 e. The first-order chi connectivity index (χ1) is 12.0. The monoisotopic (exact) mass is 338 g/mol. The normalized spacial score (nSPS) is 16.8. The molecular formula is C19H22N4O2. The van der Waals surface area contributed by atoms with Crippen molar-refractivity contribution in [3.8, 4) is 0 Å². The summed E-state index contributed by atoms with van der Waals surface area (Å²) in [6, 6.07) is 13.5. The topological polar surface area (TPSA) is 65.5 Å². The third kappa shape index (κ3) is 4.15. The van der Waals surface area contributed by atoms with Gasteiger partial charge in [0.05, 0.1) is 17.8 Å². The number of nitrogens with zero attached hydrogens (tertiary/aromatic N) is 3. The first-order valence-corrected chi connectivity index (χ1v) is 8.29. The van der Waals surface area contributed by atoms with E-state index < -0.39 is 0 Å². The molecule has 0 saturated carbocycles. The Kier molecular flexibility index (Phi) is 4.97. The first kappa shape index (κ1) is 17.0. The van der Waals surface area contributed by atoms with Crippen LogP contribution in [0, 0.1) is 5.92 Å². The number of carbonyl (C=O) groups excluding carboxylic acids is 2. The van der Waals surface area contributed by atoms with Gasteiger partial charge in [-0.2, -0.15) is 0 Å². The van der Waals surface area contributed by atoms with Crippen LogP contribution in [0.1, 0.15) is 12.0 Å². The Labute approximate surface area is 147 Å². The quantitative estimate of drug-likeness (QED) is 0.907. The van der Waals surface area contributed by atoms with Crippen molar-refractivity contribution in [2.75, 3.05) is 30.9 Å². The van der Waals surface area contributed by atoms with Gasteiger partial charge in [-0.05, 0) is 17.7 Å². The van der Waals surface area contributed by atoms with E-state index in [0.29, 0.717) is 18.8 Å². The van der Waals surface area contributed by atoms with Crippen molar-refractivity contribution in [2.24, 2.45) is 5.92 Å². The highest BCUT2D eigenvalue weighted by Crippen LogP contribution is 2.22. The molecule has 25 heavy (non-hydrogen) atoms. The van der Waals surface area contributed by atoms with Crippen LogP contribution in [-0.2, 0) is 16.1 Å². The Morgan fingerprint density at radius 2 is 2.00 bits per heavy atom. The highest BCUT2D eigenvalue weighted by atomic mass is 16.2. The summed E-state index contributed by atoms with van der Waals surface area (Å²) in [4.78, 5) is 32.6. The second-order valence-electron chi connectivity index (χ2n) is 6.45. The van der Waals surface area contributed by atoms with Gasteiger partial charge in [-0.3, -0.25) is 9.59 Å². The summed E-state index contributed by atoms with van der Waals surface area (Å²) in [5, 5.41) is 2.86. The maximum absolute atomic E-state index is 12.4. The van der Waals surface area contributed by atoms with Crippen molar-refractivity contribution in [3.05, 3.63) is 54.2 Å². The molecule has 2 amide bonds. The molecule has 1 fully saturated rings. The Hall–Kier alpha value is -2.89. The number of nitrogens with one attached hydrogen (secondary N) is 1. The van der Waals surface area contributed by atoms with Gasteiger partial charge in [0.1, 0.15) is 5.82 Å². The number of amides is 2. The third-order valence-corrected chi connectivity index (χ3v) is 4.28. The number of anilines is 2. The van der Waals surface area contributed by atoms with Crippen molar-refractivity contribution in [2.45, 2.75) is 13.0 Å². The molecule has 0 bridgehead atoms. The molecule has 1 aromatic carbocycles. The van der Waals surface area contributed by atoms with Crippen LogP contribution < -0.4 is 10.2 Å². The van der Waals surface area contributed by atoms with Crippen molar-refractivity contribution in [1.29, 1.82) is 0 Å². The van der Waals surface area contributed by atoms with Crippen LogP contribution in [0.4, 0.5) is 11.5 Å². The third-order valence-electron chi connectivity index (χ3n) is 4.28. The largest absolute Gasteiger partial charge is 0.363 e. The van der Waals surface area contributed by atoms with Crippen LogP contribution in [0.3, 0.4) is 0 Å². The van der Waals surface area contributed by atoms with Crippen LogP contribution in [-0.4, -0.2) is 42.3 Å². The molecule has 1 N–H and O–H groups in total. The summed E-state index contributed by atoms with van der Waals surface area (Å²) >= 11 is 0. The number of benzene rings is 1. The van der Waals surface area contributed by atoms with Crippen molar-refractivity contribution in [3.63, 3.8) is 0 Å². The summed E-state index contributed by atoms with van der Waals surface area (Å²) < 4.78 is 0. The number of likely N-dealkylation sites (tertiary alicyclic amines) is 1. The fraction of sp³-hybridized carbons (Fsp3) is 0.316. The maximum Gasteiger partial charge on any atom is 0.229 e. The molecule has 3 rings (SSSR count). The van der Waals surface area contributed by atoms with Crippen LogP contribution in [0.15, 0.2) is 48.7 Å². The summed E-state index contributed by atoms with van der Waals surface area (Å²) in [5.74, 6) is 0.376. The maximum atomic E-state index is 12.4. The van der Waals surface area contributed by atoms with Gasteiger partial charge in [0.25, 0.3) is 0 Å². The molecule has 6 nitrogen and oxygen atoms in total. The zero-order valence-corrected chi connectivity index (χ0v) is 14.5. The second kappa shape index (κ2) is 7.34. The minimum absolute atomic E-state index is 0.0186. The molecule has 2 heterocycles. The predicted octanol–water partition coefficient (Wildman–Crippen LogP) is 2.13. The van der Waals surface area contributed by atoms with E-state index in [4.69, 9.17) is 0 Å². The molecule has 0 spiro atoms. The van der Waals surface area contributed by atoms with Gasteiger partial charge >= 0.3 is 0 Å². The van der Waals surface area contributed by atoms with Crippen LogP contribution in [0.25, 0.3) is 0 Å². The van der Waals surface area contributed by atoms with E-state index >= 15 is 0 Å².